The Kier molecular flexibility index (Phi) is 6.81. The first-order chi connectivity index (χ1) is 17.9. The number of pyridine rings is 1. The number of benzene rings is 1. The average Bonchev–Trinajstić information content (AvgIpc) is 3.65. The fourth-order valence-electron chi connectivity index (χ4n) is 5.43. The summed E-state index contributed by atoms with van der Waals surface area (Å²) in [6.45, 7) is 10.7. The van der Waals surface area contributed by atoms with Crippen molar-refractivity contribution < 1.29 is 14.3 Å². The van der Waals surface area contributed by atoms with Gasteiger partial charge in [0.25, 0.3) is 5.91 Å². The van der Waals surface area contributed by atoms with E-state index in [1.807, 2.05) is 25.1 Å². The lowest BCUT2D eigenvalue weighted by atomic mass is 9.93. The van der Waals surface area contributed by atoms with Crippen LogP contribution in [0.15, 0.2) is 35.2 Å². The summed E-state index contributed by atoms with van der Waals surface area (Å²) >= 11 is 1.62. The molecule has 4 aliphatic rings. The summed E-state index contributed by atoms with van der Waals surface area (Å²) < 4.78 is 14.4. The van der Waals surface area contributed by atoms with Gasteiger partial charge in [0.1, 0.15) is 11.6 Å². The molecule has 1 amide bonds. The molecule has 1 aromatic carbocycles. The van der Waals surface area contributed by atoms with E-state index in [0.29, 0.717) is 30.0 Å². The number of aryl methyl sites for hydroxylation is 1. The fourth-order valence-corrected chi connectivity index (χ4v) is 6.22. The van der Waals surface area contributed by atoms with Crippen LogP contribution in [0.25, 0.3) is 0 Å². The van der Waals surface area contributed by atoms with Crippen LogP contribution in [0.4, 0.5) is 17.3 Å². The van der Waals surface area contributed by atoms with Gasteiger partial charge < -0.3 is 24.6 Å². The van der Waals surface area contributed by atoms with Crippen molar-refractivity contribution in [2.45, 2.75) is 50.0 Å². The number of amides is 1. The van der Waals surface area contributed by atoms with Gasteiger partial charge in [-0.2, -0.15) is 0 Å². The molecule has 1 aliphatic carbocycles. The van der Waals surface area contributed by atoms with E-state index in [1.54, 1.807) is 11.9 Å². The molecule has 3 saturated heterocycles. The van der Waals surface area contributed by atoms with Crippen LogP contribution in [0, 0.1) is 12.3 Å². The van der Waals surface area contributed by atoms with E-state index in [2.05, 4.69) is 38.9 Å². The van der Waals surface area contributed by atoms with Crippen molar-refractivity contribution in [3.63, 3.8) is 0 Å². The number of piperidine rings is 1. The highest BCUT2D eigenvalue weighted by Crippen LogP contribution is 2.54. The number of nitrogens with one attached hydrogen (secondary N) is 2. The highest BCUT2D eigenvalue weighted by molar-refractivity contribution is 7.97. The maximum atomic E-state index is 13.6. The molecule has 4 heterocycles. The number of carbonyl (C=O) groups excluding carboxylic acids is 1. The zero-order valence-electron chi connectivity index (χ0n) is 21.8. The predicted octanol–water partition coefficient (Wildman–Crippen LogP) is 4.24. The molecule has 0 atom stereocenters. The maximum Gasteiger partial charge on any atom is 0.258 e. The molecule has 2 N–H and O–H groups in total. The van der Waals surface area contributed by atoms with Crippen LogP contribution >= 0.6 is 11.9 Å². The van der Waals surface area contributed by atoms with Crippen molar-refractivity contribution in [3.05, 3.63) is 41.5 Å². The first-order valence-corrected chi connectivity index (χ1v) is 14.3. The number of hydrogen-bond donors (Lipinski definition) is 2. The zero-order chi connectivity index (χ0) is 25.5. The minimum absolute atomic E-state index is 0.000612. The number of morpholine rings is 1. The number of carbonyl (C=O) groups is 1. The molecule has 2 aromatic rings. The van der Waals surface area contributed by atoms with Gasteiger partial charge in [-0.3, -0.25) is 4.79 Å². The number of nitrogens with zero attached hydrogens (tertiary/aromatic N) is 3. The molecule has 0 bridgehead atoms. The van der Waals surface area contributed by atoms with E-state index in [4.69, 9.17) is 14.5 Å². The highest BCUT2D eigenvalue weighted by Gasteiger charge is 2.44. The van der Waals surface area contributed by atoms with Gasteiger partial charge in [0.05, 0.1) is 43.2 Å². The van der Waals surface area contributed by atoms with Crippen LogP contribution in [0.2, 0.25) is 0 Å². The lowest BCUT2D eigenvalue weighted by Gasteiger charge is -2.38. The van der Waals surface area contributed by atoms with Gasteiger partial charge in [0.2, 0.25) is 0 Å². The summed E-state index contributed by atoms with van der Waals surface area (Å²) in [5.74, 6) is 1.36. The van der Waals surface area contributed by atoms with Crippen molar-refractivity contribution in [1.82, 2.24) is 9.71 Å². The molecule has 198 valence electrons. The second-order valence-electron chi connectivity index (χ2n) is 11.4. The summed E-state index contributed by atoms with van der Waals surface area (Å²) in [6, 6.07) is 10.2. The summed E-state index contributed by atoms with van der Waals surface area (Å²) in [5, 5.41) is 3.11. The molecule has 0 unspecified atom stereocenters. The van der Waals surface area contributed by atoms with E-state index in [9.17, 15) is 4.79 Å². The second-order valence-corrected chi connectivity index (χ2v) is 12.2. The van der Waals surface area contributed by atoms with Gasteiger partial charge in [-0.05, 0) is 92.8 Å². The lowest BCUT2D eigenvalue weighted by Crippen LogP contribution is -2.55. The summed E-state index contributed by atoms with van der Waals surface area (Å²) in [4.78, 5) is 24.2. The SMILES string of the molecule is Cc1cc(NC(=O)c2ccc(SNC3(C)COC3)cc2N2CCC3(CC2)CC3)nc(N2CCOCC2)c1. The molecule has 8 nitrogen and oxygen atoms in total. The zero-order valence-corrected chi connectivity index (χ0v) is 22.7. The van der Waals surface area contributed by atoms with Gasteiger partial charge in [-0.1, -0.05) is 0 Å². The standard InChI is InChI=1S/C28H37N5O3S/c1-20-15-24(29-25(16-20)33-11-13-35-14-12-33)30-26(34)22-4-3-21(37-31-27(2)18-36-19-27)17-23(22)32-9-7-28(5-6-28)8-10-32/h3-4,15-17,31H,5-14,18-19H2,1-2H3,(H,29,30,34). The van der Waals surface area contributed by atoms with Gasteiger partial charge in [-0.25, -0.2) is 9.71 Å². The smallest absolute Gasteiger partial charge is 0.258 e. The monoisotopic (exact) mass is 523 g/mol. The minimum Gasteiger partial charge on any atom is -0.378 e. The Bertz CT molecular complexity index is 1150. The van der Waals surface area contributed by atoms with Crippen LogP contribution in [0.5, 0.6) is 0 Å². The Morgan fingerprint density at radius 1 is 0.973 bits per heavy atom. The molecule has 3 aliphatic heterocycles. The van der Waals surface area contributed by atoms with Crippen molar-refractivity contribution >= 4 is 35.2 Å². The molecule has 6 rings (SSSR count). The summed E-state index contributed by atoms with van der Waals surface area (Å²) in [7, 11) is 0. The molecular formula is C28H37N5O3S. The third-order valence-electron chi connectivity index (χ3n) is 8.13. The topological polar surface area (TPSA) is 79.0 Å². The molecule has 1 spiro atoms. The molecule has 9 heteroatoms. The Labute approximate surface area is 223 Å². The number of aromatic nitrogens is 1. The van der Waals surface area contributed by atoms with E-state index >= 15 is 0 Å². The van der Waals surface area contributed by atoms with Gasteiger partial charge >= 0.3 is 0 Å². The third kappa shape index (κ3) is 5.60. The lowest BCUT2D eigenvalue weighted by molar-refractivity contribution is -0.0510. The van der Waals surface area contributed by atoms with Crippen molar-refractivity contribution in [1.29, 1.82) is 0 Å². The van der Waals surface area contributed by atoms with E-state index in [-0.39, 0.29) is 11.4 Å². The molecule has 37 heavy (non-hydrogen) atoms. The second kappa shape index (κ2) is 10.1. The van der Waals surface area contributed by atoms with Crippen LogP contribution in [-0.4, -0.2) is 69.0 Å². The largest absolute Gasteiger partial charge is 0.378 e. The van der Waals surface area contributed by atoms with E-state index < -0.39 is 0 Å². The van der Waals surface area contributed by atoms with Crippen LogP contribution in [0.1, 0.15) is 48.5 Å². The Morgan fingerprint density at radius 3 is 2.41 bits per heavy atom. The normalized spacial score (nSPS) is 22.0. The van der Waals surface area contributed by atoms with Crippen molar-refractivity contribution in [2.24, 2.45) is 5.41 Å². The highest BCUT2D eigenvalue weighted by atomic mass is 32.2. The van der Waals surface area contributed by atoms with Crippen molar-refractivity contribution in [3.8, 4) is 0 Å². The molecular weight excluding hydrogens is 486 g/mol. The van der Waals surface area contributed by atoms with Crippen LogP contribution in [0.3, 0.4) is 0 Å². The number of ether oxygens (including phenoxy) is 2. The Balaban J connectivity index is 1.23. The number of hydrogen-bond acceptors (Lipinski definition) is 8. The molecule has 0 radical (unpaired) electrons. The van der Waals surface area contributed by atoms with Crippen LogP contribution in [-0.2, 0) is 9.47 Å². The Hall–Kier alpha value is -2.33. The first kappa shape index (κ1) is 25.0. The number of rotatable bonds is 7. The van der Waals surface area contributed by atoms with Gasteiger partial charge in [-0.15, -0.1) is 0 Å². The third-order valence-corrected chi connectivity index (χ3v) is 9.21. The van der Waals surface area contributed by atoms with Gasteiger partial charge in [0, 0.05) is 31.1 Å². The Morgan fingerprint density at radius 2 is 1.73 bits per heavy atom. The van der Waals surface area contributed by atoms with Crippen LogP contribution < -0.4 is 19.8 Å². The average molecular weight is 524 g/mol. The molecule has 1 saturated carbocycles. The van der Waals surface area contributed by atoms with E-state index in [1.165, 1.54) is 25.7 Å². The quantitative estimate of drug-likeness (QED) is 0.522. The summed E-state index contributed by atoms with van der Waals surface area (Å²) in [6.07, 6.45) is 5.14. The van der Waals surface area contributed by atoms with Crippen molar-refractivity contribution in [2.75, 3.05) is 67.7 Å². The first-order valence-electron chi connectivity index (χ1n) is 13.4. The predicted molar refractivity (Wildman–Crippen MR) is 148 cm³/mol. The minimum atomic E-state index is -0.114. The summed E-state index contributed by atoms with van der Waals surface area (Å²) in [5.41, 5.74) is 3.36. The maximum absolute atomic E-state index is 13.6. The molecule has 1 aromatic heterocycles. The van der Waals surface area contributed by atoms with E-state index in [0.717, 1.165) is 61.4 Å². The number of anilines is 3. The molecule has 4 fully saturated rings. The van der Waals surface area contributed by atoms with Gasteiger partial charge in [0.15, 0.2) is 0 Å². The fraction of sp³-hybridized carbons (Fsp3) is 0.571.